The first-order valence-corrected chi connectivity index (χ1v) is 5.32. The standard InChI is InChI=1S/C9H8ClN3S/c10-8-4-2-1-3-7(8)5-11-9-6-14-13-12-9/h1-4,6,11H,5H2. The second kappa shape index (κ2) is 4.39. The number of anilines is 1. The van der Waals surface area contributed by atoms with E-state index in [0.29, 0.717) is 6.54 Å². The van der Waals surface area contributed by atoms with Crippen molar-refractivity contribution in [3.63, 3.8) is 0 Å². The highest BCUT2D eigenvalue weighted by atomic mass is 35.5. The maximum absolute atomic E-state index is 5.99. The molecule has 3 nitrogen and oxygen atoms in total. The van der Waals surface area contributed by atoms with Gasteiger partial charge >= 0.3 is 0 Å². The zero-order chi connectivity index (χ0) is 9.80. The highest BCUT2D eigenvalue weighted by Crippen LogP contribution is 2.16. The number of rotatable bonds is 3. The summed E-state index contributed by atoms with van der Waals surface area (Å²) in [6.07, 6.45) is 0. The van der Waals surface area contributed by atoms with E-state index in [0.717, 1.165) is 16.4 Å². The average molecular weight is 226 g/mol. The van der Waals surface area contributed by atoms with E-state index in [4.69, 9.17) is 11.6 Å². The second-order valence-corrected chi connectivity index (χ2v) is 3.75. The summed E-state index contributed by atoms with van der Waals surface area (Å²) < 4.78 is 3.75. The molecule has 14 heavy (non-hydrogen) atoms. The van der Waals surface area contributed by atoms with E-state index in [2.05, 4.69) is 14.9 Å². The van der Waals surface area contributed by atoms with Gasteiger partial charge in [-0.05, 0) is 23.2 Å². The molecule has 1 aromatic carbocycles. The zero-order valence-corrected chi connectivity index (χ0v) is 8.85. The van der Waals surface area contributed by atoms with Gasteiger partial charge in [-0.1, -0.05) is 34.3 Å². The Morgan fingerprint density at radius 2 is 2.21 bits per heavy atom. The van der Waals surface area contributed by atoms with Crippen LogP contribution in [0.5, 0.6) is 0 Å². The van der Waals surface area contributed by atoms with Gasteiger partial charge in [0.05, 0.1) is 5.38 Å². The molecule has 0 spiro atoms. The number of hydrogen-bond acceptors (Lipinski definition) is 4. The largest absolute Gasteiger partial charge is 0.364 e. The lowest BCUT2D eigenvalue weighted by Gasteiger charge is -2.03. The molecular formula is C9H8ClN3S. The minimum Gasteiger partial charge on any atom is -0.364 e. The third kappa shape index (κ3) is 2.21. The van der Waals surface area contributed by atoms with Gasteiger partial charge in [0.1, 0.15) is 0 Å². The van der Waals surface area contributed by atoms with Crippen molar-refractivity contribution in [3.8, 4) is 0 Å². The van der Waals surface area contributed by atoms with Crippen molar-refractivity contribution < 1.29 is 0 Å². The molecule has 1 aromatic heterocycles. The summed E-state index contributed by atoms with van der Waals surface area (Å²) in [5.74, 6) is 0.787. The fraction of sp³-hybridized carbons (Fsp3) is 0.111. The quantitative estimate of drug-likeness (QED) is 0.873. The van der Waals surface area contributed by atoms with E-state index in [1.165, 1.54) is 11.5 Å². The van der Waals surface area contributed by atoms with Crippen LogP contribution in [0.4, 0.5) is 5.82 Å². The molecule has 0 aliphatic heterocycles. The molecule has 0 amide bonds. The fourth-order valence-corrected chi connectivity index (χ4v) is 1.68. The van der Waals surface area contributed by atoms with Crippen molar-refractivity contribution in [1.82, 2.24) is 9.59 Å². The predicted octanol–water partition coefficient (Wildman–Crippen LogP) is 2.80. The van der Waals surface area contributed by atoms with Gasteiger partial charge in [0.15, 0.2) is 5.82 Å². The molecule has 0 saturated carbocycles. The molecule has 0 aliphatic carbocycles. The van der Waals surface area contributed by atoms with E-state index in [-0.39, 0.29) is 0 Å². The monoisotopic (exact) mass is 225 g/mol. The summed E-state index contributed by atoms with van der Waals surface area (Å²) in [5.41, 5.74) is 1.06. The molecule has 0 saturated heterocycles. The van der Waals surface area contributed by atoms with Crippen LogP contribution in [0.3, 0.4) is 0 Å². The van der Waals surface area contributed by atoms with Crippen molar-refractivity contribution in [3.05, 3.63) is 40.2 Å². The second-order valence-electron chi connectivity index (χ2n) is 2.74. The summed E-state index contributed by atoms with van der Waals surface area (Å²) in [4.78, 5) is 0. The number of aromatic nitrogens is 2. The van der Waals surface area contributed by atoms with Gasteiger partial charge in [-0.15, -0.1) is 5.10 Å². The van der Waals surface area contributed by atoms with Gasteiger partial charge in [-0.3, -0.25) is 0 Å². The summed E-state index contributed by atoms with van der Waals surface area (Å²) in [6.45, 7) is 0.672. The molecule has 1 heterocycles. The van der Waals surface area contributed by atoms with Crippen LogP contribution >= 0.6 is 23.1 Å². The maximum Gasteiger partial charge on any atom is 0.161 e. The van der Waals surface area contributed by atoms with E-state index in [9.17, 15) is 0 Å². The molecule has 1 N–H and O–H groups in total. The molecule has 0 aliphatic rings. The van der Waals surface area contributed by atoms with Crippen LogP contribution in [-0.4, -0.2) is 9.59 Å². The Kier molecular flexibility index (Phi) is 2.96. The number of hydrogen-bond donors (Lipinski definition) is 1. The van der Waals surface area contributed by atoms with Crippen LogP contribution in [0.1, 0.15) is 5.56 Å². The fourth-order valence-electron chi connectivity index (χ4n) is 1.07. The highest BCUT2D eigenvalue weighted by Gasteiger charge is 1.99. The molecule has 0 radical (unpaired) electrons. The molecule has 0 atom stereocenters. The van der Waals surface area contributed by atoms with Gasteiger partial charge in [-0.25, -0.2) is 0 Å². The van der Waals surface area contributed by atoms with Gasteiger partial charge in [0, 0.05) is 11.6 Å². The summed E-state index contributed by atoms with van der Waals surface area (Å²) in [5, 5.41) is 9.63. The van der Waals surface area contributed by atoms with Gasteiger partial charge in [-0.2, -0.15) is 0 Å². The van der Waals surface area contributed by atoms with E-state index >= 15 is 0 Å². The number of nitrogens with zero attached hydrogens (tertiary/aromatic N) is 2. The lowest BCUT2D eigenvalue weighted by atomic mass is 10.2. The number of halogens is 1. The summed E-state index contributed by atoms with van der Waals surface area (Å²) in [6, 6.07) is 7.73. The van der Waals surface area contributed by atoms with Crippen LogP contribution in [0.2, 0.25) is 5.02 Å². The Bertz CT molecular complexity index is 402. The highest BCUT2D eigenvalue weighted by molar-refractivity contribution is 7.03. The van der Waals surface area contributed by atoms with Crippen LogP contribution < -0.4 is 5.32 Å². The zero-order valence-electron chi connectivity index (χ0n) is 7.27. The molecule has 2 aromatic rings. The average Bonchev–Trinajstić information content (AvgIpc) is 2.69. The third-order valence-electron chi connectivity index (χ3n) is 1.78. The predicted molar refractivity (Wildman–Crippen MR) is 58.7 cm³/mol. The van der Waals surface area contributed by atoms with Crippen LogP contribution in [0.15, 0.2) is 29.6 Å². The van der Waals surface area contributed by atoms with E-state index in [1.807, 2.05) is 29.6 Å². The topological polar surface area (TPSA) is 37.8 Å². The van der Waals surface area contributed by atoms with Crippen molar-refractivity contribution in [2.24, 2.45) is 0 Å². The van der Waals surface area contributed by atoms with E-state index in [1.54, 1.807) is 0 Å². The number of nitrogens with one attached hydrogen (secondary N) is 1. The first-order valence-electron chi connectivity index (χ1n) is 4.10. The van der Waals surface area contributed by atoms with E-state index < -0.39 is 0 Å². The Labute approximate surface area is 90.9 Å². The summed E-state index contributed by atoms with van der Waals surface area (Å²) in [7, 11) is 0. The minimum absolute atomic E-state index is 0.672. The Hall–Kier alpha value is -1.13. The minimum atomic E-state index is 0.672. The molecular weight excluding hydrogens is 218 g/mol. The summed E-state index contributed by atoms with van der Waals surface area (Å²) >= 11 is 7.31. The lowest BCUT2D eigenvalue weighted by molar-refractivity contribution is 1.07. The van der Waals surface area contributed by atoms with Crippen molar-refractivity contribution in [2.45, 2.75) is 6.54 Å². The third-order valence-corrected chi connectivity index (χ3v) is 2.65. The number of benzene rings is 1. The SMILES string of the molecule is Clc1ccccc1CNc1csnn1. The Balaban J connectivity index is 2.02. The van der Waals surface area contributed by atoms with Gasteiger partial charge in [0.25, 0.3) is 0 Å². The smallest absolute Gasteiger partial charge is 0.161 e. The molecule has 72 valence electrons. The van der Waals surface area contributed by atoms with Crippen molar-refractivity contribution in [1.29, 1.82) is 0 Å². The first kappa shape index (κ1) is 9.43. The molecule has 5 heteroatoms. The lowest BCUT2D eigenvalue weighted by Crippen LogP contribution is -1.99. The normalized spacial score (nSPS) is 10.1. The van der Waals surface area contributed by atoms with Gasteiger partial charge < -0.3 is 5.32 Å². The van der Waals surface area contributed by atoms with Crippen LogP contribution in [0.25, 0.3) is 0 Å². The first-order chi connectivity index (χ1) is 6.86. The molecule has 0 unspecified atom stereocenters. The Morgan fingerprint density at radius 1 is 1.36 bits per heavy atom. The van der Waals surface area contributed by atoms with Crippen molar-refractivity contribution >= 4 is 29.0 Å². The molecule has 0 fully saturated rings. The van der Waals surface area contributed by atoms with Crippen LogP contribution in [0, 0.1) is 0 Å². The van der Waals surface area contributed by atoms with Crippen molar-refractivity contribution in [2.75, 3.05) is 5.32 Å². The molecule has 2 rings (SSSR count). The molecule has 0 bridgehead atoms. The van der Waals surface area contributed by atoms with Crippen LogP contribution in [-0.2, 0) is 6.54 Å². The Morgan fingerprint density at radius 3 is 2.93 bits per heavy atom. The maximum atomic E-state index is 5.99. The van der Waals surface area contributed by atoms with Gasteiger partial charge in [0.2, 0.25) is 0 Å².